The largest absolute Gasteiger partial charge is 0.508 e. The fourth-order valence-electron chi connectivity index (χ4n) is 3.99. The van der Waals surface area contributed by atoms with Crippen molar-refractivity contribution in [1.29, 1.82) is 0 Å². The number of carbonyl (C=O) groups excluding carboxylic acids is 1. The summed E-state index contributed by atoms with van der Waals surface area (Å²) in [6.07, 6.45) is 5.26. The summed E-state index contributed by atoms with van der Waals surface area (Å²) in [5, 5.41) is 24.6. The van der Waals surface area contributed by atoms with Crippen LogP contribution in [-0.2, 0) is 22.5 Å². The van der Waals surface area contributed by atoms with Crippen LogP contribution in [0.3, 0.4) is 0 Å². The molecule has 0 radical (unpaired) electrons. The molecule has 4 aromatic rings. The van der Waals surface area contributed by atoms with Crippen molar-refractivity contribution in [1.82, 2.24) is 19.2 Å². The van der Waals surface area contributed by atoms with Crippen LogP contribution >= 0.6 is 0 Å². The molecule has 33 heavy (non-hydrogen) atoms. The molecule has 0 aliphatic heterocycles. The minimum absolute atomic E-state index is 0.0947. The number of esters is 1. The average Bonchev–Trinajstić information content (AvgIpc) is 3.23. The maximum absolute atomic E-state index is 13.6. The fraction of sp³-hybridized carbons (Fsp3) is 0.250. The summed E-state index contributed by atoms with van der Waals surface area (Å²) in [6.45, 7) is 2.11. The van der Waals surface area contributed by atoms with Crippen molar-refractivity contribution in [2.75, 3.05) is 7.11 Å². The van der Waals surface area contributed by atoms with Gasteiger partial charge in [0.2, 0.25) is 0 Å². The summed E-state index contributed by atoms with van der Waals surface area (Å²) < 4.78 is 7.99. The van der Waals surface area contributed by atoms with Gasteiger partial charge in [-0.05, 0) is 43.2 Å². The van der Waals surface area contributed by atoms with Crippen LogP contribution in [0.1, 0.15) is 34.7 Å². The lowest BCUT2D eigenvalue weighted by Gasteiger charge is -2.19. The Morgan fingerprint density at radius 3 is 2.70 bits per heavy atom. The number of pyridine rings is 1. The molecule has 0 spiro atoms. The molecule has 3 heterocycles. The number of benzene rings is 1. The van der Waals surface area contributed by atoms with Crippen LogP contribution in [0, 0.1) is 6.92 Å². The molecule has 0 unspecified atom stereocenters. The van der Waals surface area contributed by atoms with E-state index in [2.05, 4.69) is 10.1 Å². The van der Waals surface area contributed by atoms with E-state index < -0.39 is 17.4 Å². The monoisotopic (exact) mass is 448 g/mol. The molecule has 0 saturated carbocycles. The van der Waals surface area contributed by atoms with E-state index in [9.17, 15) is 19.8 Å². The van der Waals surface area contributed by atoms with Gasteiger partial charge in [0.05, 0.1) is 25.3 Å². The van der Waals surface area contributed by atoms with Crippen LogP contribution in [0.25, 0.3) is 5.65 Å². The van der Waals surface area contributed by atoms with Gasteiger partial charge in [0.15, 0.2) is 5.65 Å². The van der Waals surface area contributed by atoms with E-state index in [1.165, 1.54) is 13.2 Å². The Bertz CT molecular complexity index is 1360. The van der Waals surface area contributed by atoms with Crippen LogP contribution in [-0.4, -0.2) is 42.5 Å². The molecule has 1 atom stereocenters. The first-order valence-electron chi connectivity index (χ1n) is 10.4. The molecule has 1 aromatic carbocycles. The van der Waals surface area contributed by atoms with Gasteiger partial charge in [0, 0.05) is 36.1 Å². The number of fused-ring (bicyclic) bond motifs is 1. The van der Waals surface area contributed by atoms with E-state index in [1.54, 1.807) is 64.9 Å². The van der Waals surface area contributed by atoms with Gasteiger partial charge in [-0.15, -0.1) is 0 Å². The standard InChI is InChI=1S/C24H24N4O5/c1-15-12-20(30)22(24(32)27(15)11-8-16-4-6-17(29)7-5-16)18(13-21(31)33-2)19-14-26-28-10-3-9-25-23(19)28/h3-7,9-10,12,14,18,29-30H,8,11,13H2,1-2H3/t18-/m1/s1. The lowest BCUT2D eigenvalue weighted by Crippen LogP contribution is -2.29. The van der Waals surface area contributed by atoms with Gasteiger partial charge in [-0.25, -0.2) is 9.50 Å². The zero-order valence-corrected chi connectivity index (χ0v) is 18.3. The van der Waals surface area contributed by atoms with E-state index in [4.69, 9.17) is 4.74 Å². The van der Waals surface area contributed by atoms with Crippen molar-refractivity contribution >= 4 is 11.6 Å². The van der Waals surface area contributed by atoms with Gasteiger partial charge in [0.25, 0.3) is 5.56 Å². The third-order valence-corrected chi connectivity index (χ3v) is 5.71. The van der Waals surface area contributed by atoms with Gasteiger partial charge < -0.3 is 19.5 Å². The fourth-order valence-corrected chi connectivity index (χ4v) is 3.99. The maximum Gasteiger partial charge on any atom is 0.306 e. The third-order valence-electron chi connectivity index (χ3n) is 5.71. The maximum atomic E-state index is 13.6. The molecule has 0 bridgehead atoms. The molecule has 3 aromatic heterocycles. The van der Waals surface area contributed by atoms with Crippen LogP contribution in [0.4, 0.5) is 0 Å². The molecule has 170 valence electrons. The number of hydrogen-bond donors (Lipinski definition) is 2. The van der Waals surface area contributed by atoms with Crippen LogP contribution in [0.2, 0.25) is 0 Å². The van der Waals surface area contributed by atoms with E-state index in [1.807, 2.05) is 0 Å². The minimum Gasteiger partial charge on any atom is -0.508 e. The van der Waals surface area contributed by atoms with Crippen molar-refractivity contribution in [3.8, 4) is 11.5 Å². The predicted molar refractivity (Wildman–Crippen MR) is 120 cm³/mol. The number of ether oxygens (including phenoxy) is 1. The summed E-state index contributed by atoms with van der Waals surface area (Å²) in [6, 6.07) is 10.0. The summed E-state index contributed by atoms with van der Waals surface area (Å²) in [5.74, 6) is -1.34. The van der Waals surface area contributed by atoms with Gasteiger partial charge >= 0.3 is 5.97 Å². The van der Waals surface area contributed by atoms with Gasteiger partial charge in [0.1, 0.15) is 11.5 Å². The first-order chi connectivity index (χ1) is 15.9. The molecule has 0 aliphatic rings. The van der Waals surface area contributed by atoms with Crippen LogP contribution in [0.15, 0.2) is 59.8 Å². The number of phenols is 1. The second kappa shape index (κ2) is 9.15. The Morgan fingerprint density at radius 1 is 1.21 bits per heavy atom. The zero-order chi connectivity index (χ0) is 23.5. The van der Waals surface area contributed by atoms with Gasteiger partial charge in [-0.1, -0.05) is 12.1 Å². The van der Waals surface area contributed by atoms with Crippen molar-refractivity contribution in [2.45, 2.75) is 32.2 Å². The number of aromatic hydroxyl groups is 2. The van der Waals surface area contributed by atoms with Gasteiger partial charge in [-0.3, -0.25) is 9.59 Å². The number of methoxy groups -OCH3 is 1. The van der Waals surface area contributed by atoms with Crippen molar-refractivity contribution in [3.63, 3.8) is 0 Å². The smallest absolute Gasteiger partial charge is 0.306 e. The highest BCUT2D eigenvalue weighted by atomic mass is 16.5. The predicted octanol–water partition coefficient (Wildman–Crippen LogP) is 2.55. The van der Waals surface area contributed by atoms with E-state index in [0.29, 0.717) is 29.9 Å². The number of aromatic nitrogens is 4. The highest BCUT2D eigenvalue weighted by Gasteiger charge is 2.29. The first-order valence-corrected chi connectivity index (χ1v) is 10.4. The Balaban J connectivity index is 1.79. The first kappa shape index (κ1) is 22.1. The Hall–Kier alpha value is -4.14. The molecule has 0 fully saturated rings. The lowest BCUT2D eigenvalue weighted by molar-refractivity contribution is -0.140. The van der Waals surface area contributed by atoms with Crippen molar-refractivity contribution in [2.24, 2.45) is 0 Å². The molecular formula is C24H24N4O5. The second-order valence-corrected chi connectivity index (χ2v) is 7.78. The number of carbonyl (C=O) groups is 1. The summed E-state index contributed by atoms with van der Waals surface area (Å²) >= 11 is 0. The number of aryl methyl sites for hydroxylation is 2. The molecular weight excluding hydrogens is 424 g/mol. The molecule has 0 aliphatic carbocycles. The van der Waals surface area contributed by atoms with Crippen molar-refractivity contribution < 1.29 is 19.7 Å². The second-order valence-electron chi connectivity index (χ2n) is 7.78. The average molecular weight is 448 g/mol. The summed E-state index contributed by atoms with van der Waals surface area (Å²) in [7, 11) is 1.28. The molecule has 0 saturated heterocycles. The number of phenolic OH excluding ortho intramolecular Hbond substituents is 1. The van der Waals surface area contributed by atoms with Gasteiger partial charge in [-0.2, -0.15) is 5.10 Å². The summed E-state index contributed by atoms with van der Waals surface area (Å²) in [4.78, 5) is 30.2. The Kier molecular flexibility index (Phi) is 6.12. The summed E-state index contributed by atoms with van der Waals surface area (Å²) in [5.41, 5.74) is 2.28. The van der Waals surface area contributed by atoms with E-state index >= 15 is 0 Å². The number of nitrogens with zero attached hydrogens (tertiary/aromatic N) is 4. The highest BCUT2D eigenvalue weighted by molar-refractivity contribution is 5.72. The molecule has 9 heteroatoms. The van der Waals surface area contributed by atoms with E-state index in [-0.39, 0.29) is 23.5 Å². The highest BCUT2D eigenvalue weighted by Crippen LogP contribution is 2.34. The normalized spacial score (nSPS) is 12.1. The SMILES string of the molecule is COC(=O)C[C@@H](c1c(O)cc(C)n(CCc2ccc(O)cc2)c1=O)c1cnn2cccnc12. The van der Waals surface area contributed by atoms with Crippen LogP contribution < -0.4 is 5.56 Å². The molecule has 4 rings (SSSR count). The number of rotatable bonds is 7. The number of hydrogen-bond acceptors (Lipinski definition) is 7. The van der Waals surface area contributed by atoms with E-state index in [0.717, 1.165) is 5.56 Å². The minimum atomic E-state index is -0.794. The van der Waals surface area contributed by atoms with Crippen molar-refractivity contribution in [3.05, 3.63) is 87.7 Å². The Morgan fingerprint density at radius 2 is 1.97 bits per heavy atom. The molecule has 9 nitrogen and oxygen atoms in total. The topological polar surface area (TPSA) is 119 Å². The molecule has 2 N–H and O–H groups in total. The lowest BCUT2D eigenvalue weighted by atomic mass is 9.89. The quantitative estimate of drug-likeness (QED) is 0.417. The van der Waals surface area contributed by atoms with Crippen LogP contribution in [0.5, 0.6) is 11.5 Å². The zero-order valence-electron chi connectivity index (χ0n) is 18.3. The molecule has 0 amide bonds. The third kappa shape index (κ3) is 4.43. The Labute approximate surface area is 189 Å².